The lowest BCUT2D eigenvalue weighted by Crippen LogP contribution is -2.40. The summed E-state index contributed by atoms with van der Waals surface area (Å²) in [5.41, 5.74) is -3.05. The number of carbonyl (C=O) groups excluding carboxylic acids is 2. The predicted molar refractivity (Wildman–Crippen MR) is 154 cm³/mol. The lowest BCUT2D eigenvalue weighted by atomic mass is 9.97. The topological polar surface area (TPSA) is 61.9 Å². The third-order valence-electron chi connectivity index (χ3n) is 7.77. The maximum atomic E-state index is 13.5. The van der Waals surface area contributed by atoms with Gasteiger partial charge in [0.2, 0.25) is 5.91 Å². The first-order valence-electron chi connectivity index (χ1n) is 14.4. The summed E-state index contributed by atoms with van der Waals surface area (Å²) in [5.74, 6) is -1.26. The highest BCUT2D eigenvalue weighted by molar-refractivity contribution is 5.95. The fraction of sp³-hybridized carbons (Fsp3) is 0.438. The first-order valence-corrected chi connectivity index (χ1v) is 14.4. The number of alkyl halides is 6. The highest BCUT2D eigenvalue weighted by atomic mass is 19.4. The third-order valence-corrected chi connectivity index (χ3v) is 7.77. The molecule has 12 heteroatoms. The minimum absolute atomic E-state index is 0.00720. The molecule has 1 saturated heterocycles. The van der Waals surface area contributed by atoms with Gasteiger partial charge in [0.25, 0.3) is 5.91 Å². The number of rotatable bonds is 11. The van der Waals surface area contributed by atoms with Crippen molar-refractivity contribution in [3.05, 3.63) is 82.9 Å². The van der Waals surface area contributed by atoms with E-state index in [0.717, 1.165) is 47.3 Å². The first-order chi connectivity index (χ1) is 20.8. The summed E-state index contributed by atoms with van der Waals surface area (Å²) < 4.78 is 86.2. The Hall–Kier alpha value is -3.64. The van der Waals surface area contributed by atoms with Crippen molar-refractivity contribution in [2.45, 2.75) is 44.1 Å². The summed E-state index contributed by atoms with van der Waals surface area (Å²) in [5, 5.41) is 4.78. The van der Waals surface area contributed by atoms with Crippen LogP contribution in [0.3, 0.4) is 0 Å². The van der Waals surface area contributed by atoms with E-state index in [-0.39, 0.29) is 31.2 Å². The highest BCUT2D eigenvalue weighted by Gasteiger charge is 2.38. The van der Waals surface area contributed by atoms with E-state index >= 15 is 0 Å². The summed E-state index contributed by atoms with van der Waals surface area (Å²) >= 11 is 0. The van der Waals surface area contributed by atoms with E-state index < -0.39 is 41.0 Å². The molecule has 44 heavy (non-hydrogen) atoms. The average Bonchev–Trinajstić information content (AvgIpc) is 3.00. The molecule has 0 saturated carbocycles. The molecule has 1 fully saturated rings. The maximum absolute atomic E-state index is 13.5. The van der Waals surface area contributed by atoms with E-state index in [0.29, 0.717) is 31.9 Å². The number of morpholine rings is 1. The molecule has 6 nitrogen and oxygen atoms in total. The van der Waals surface area contributed by atoms with Crippen LogP contribution in [-0.4, -0.2) is 74.1 Å². The summed E-state index contributed by atoms with van der Waals surface area (Å²) in [6, 6.07) is 13.4. The van der Waals surface area contributed by atoms with Gasteiger partial charge in [-0.1, -0.05) is 42.5 Å². The van der Waals surface area contributed by atoms with Crippen LogP contribution in [0.4, 0.5) is 26.3 Å². The number of benzene rings is 3. The molecular weight excluding hydrogens is 588 g/mol. The number of hydrogen-bond donors (Lipinski definition) is 1. The fourth-order valence-electron chi connectivity index (χ4n) is 5.26. The van der Waals surface area contributed by atoms with Gasteiger partial charge in [-0.05, 0) is 60.3 Å². The van der Waals surface area contributed by atoms with Gasteiger partial charge < -0.3 is 15.0 Å². The largest absolute Gasteiger partial charge is 0.416 e. The summed E-state index contributed by atoms with van der Waals surface area (Å²) in [6.45, 7) is 4.28. The van der Waals surface area contributed by atoms with Crippen LogP contribution >= 0.6 is 0 Å². The molecule has 238 valence electrons. The number of ether oxygens (including phenoxy) is 1. The van der Waals surface area contributed by atoms with Crippen LogP contribution in [0.1, 0.15) is 46.3 Å². The average molecular weight is 624 g/mol. The summed E-state index contributed by atoms with van der Waals surface area (Å²) in [4.78, 5) is 29.5. The molecule has 1 aliphatic rings. The Balaban J connectivity index is 1.50. The Morgan fingerprint density at radius 1 is 0.909 bits per heavy atom. The number of halogens is 6. The van der Waals surface area contributed by atoms with Crippen LogP contribution in [0, 0.1) is 0 Å². The standard InChI is InChI=1S/C32H35F6N3O3/c1-40(30(43)25-19-26(31(33,34)35)21-27(20-25)32(36,37)38)28(18-22-7-8-23-5-2-3-6-24(23)17-22)9-10-29(42)39-11-4-12-41-13-15-44-16-14-41/h2-3,5-8,17,19-21,28H,4,9-16,18H2,1H3,(H,39,42). The van der Waals surface area contributed by atoms with Gasteiger partial charge in [-0.2, -0.15) is 26.3 Å². The Labute approximate surface area is 252 Å². The van der Waals surface area contributed by atoms with Crippen LogP contribution < -0.4 is 5.32 Å². The third kappa shape index (κ3) is 9.18. The number of hydrogen-bond acceptors (Lipinski definition) is 4. The Kier molecular flexibility index (Phi) is 10.9. The van der Waals surface area contributed by atoms with Crippen LogP contribution in [-0.2, 0) is 28.3 Å². The monoisotopic (exact) mass is 623 g/mol. The van der Waals surface area contributed by atoms with E-state index in [9.17, 15) is 35.9 Å². The van der Waals surface area contributed by atoms with Gasteiger partial charge in [0, 0.05) is 44.7 Å². The van der Waals surface area contributed by atoms with Crippen molar-refractivity contribution in [3.8, 4) is 0 Å². The molecule has 4 rings (SSSR count). The van der Waals surface area contributed by atoms with E-state index in [1.165, 1.54) is 7.05 Å². The second kappa shape index (κ2) is 14.4. The molecule has 0 bridgehead atoms. The second-order valence-electron chi connectivity index (χ2n) is 10.9. The second-order valence-corrected chi connectivity index (χ2v) is 10.9. The zero-order chi connectivity index (χ0) is 31.9. The van der Waals surface area contributed by atoms with Crippen LogP contribution in [0.15, 0.2) is 60.7 Å². The summed E-state index contributed by atoms with van der Waals surface area (Å²) in [7, 11) is 1.34. The van der Waals surface area contributed by atoms with Crippen molar-refractivity contribution in [1.29, 1.82) is 0 Å². The minimum atomic E-state index is -5.08. The van der Waals surface area contributed by atoms with Crippen molar-refractivity contribution in [1.82, 2.24) is 15.1 Å². The number of fused-ring (bicyclic) bond motifs is 1. The van der Waals surface area contributed by atoms with Gasteiger partial charge in [0.05, 0.1) is 24.3 Å². The van der Waals surface area contributed by atoms with E-state index in [1.54, 1.807) is 0 Å². The smallest absolute Gasteiger partial charge is 0.379 e. The summed E-state index contributed by atoms with van der Waals surface area (Å²) in [6.07, 6.45) is -9.03. The predicted octanol–water partition coefficient (Wildman–Crippen LogP) is 6.18. The SMILES string of the molecule is CN(C(=O)c1cc(C(F)(F)F)cc(C(F)(F)F)c1)C(CCC(=O)NCCCN1CCOCC1)Cc1ccc2ccccc2c1. The van der Waals surface area contributed by atoms with E-state index in [4.69, 9.17) is 4.74 Å². The van der Waals surface area contributed by atoms with E-state index in [2.05, 4.69) is 10.2 Å². The van der Waals surface area contributed by atoms with Crippen molar-refractivity contribution in [2.24, 2.45) is 0 Å². The quantitative estimate of drug-likeness (QED) is 0.205. The molecule has 2 amide bonds. The Bertz CT molecular complexity index is 1400. The van der Waals surface area contributed by atoms with E-state index in [1.807, 2.05) is 42.5 Å². The van der Waals surface area contributed by atoms with Crippen LogP contribution in [0.25, 0.3) is 10.8 Å². The van der Waals surface area contributed by atoms with Crippen LogP contribution in [0.5, 0.6) is 0 Å². The number of likely N-dealkylation sites (N-methyl/N-ethyl adjacent to an activating group) is 1. The molecule has 1 N–H and O–H groups in total. The number of nitrogens with one attached hydrogen (secondary N) is 1. The molecule has 1 aliphatic heterocycles. The van der Waals surface area contributed by atoms with Crippen molar-refractivity contribution in [3.63, 3.8) is 0 Å². The lowest BCUT2D eigenvalue weighted by Gasteiger charge is -2.29. The zero-order valence-corrected chi connectivity index (χ0v) is 24.3. The molecule has 0 spiro atoms. The maximum Gasteiger partial charge on any atom is 0.416 e. The molecule has 0 aromatic heterocycles. The molecular formula is C32H35F6N3O3. The fourth-order valence-corrected chi connectivity index (χ4v) is 5.26. The van der Waals surface area contributed by atoms with Gasteiger partial charge >= 0.3 is 12.4 Å². The van der Waals surface area contributed by atoms with Gasteiger partial charge in [-0.15, -0.1) is 0 Å². The minimum Gasteiger partial charge on any atom is -0.379 e. The normalized spacial score (nSPS) is 15.2. The molecule has 1 atom stereocenters. The molecule has 1 unspecified atom stereocenters. The van der Waals surface area contributed by atoms with Gasteiger partial charge in [0.15, 0.2) is 0 Å². The Morgan fingerprint density at radius 3 is 2.18 bits per heavy atom. The zero-order valence-electron chi connectivity index (χ0n) is 24.3. The Morgan fingerprint density at radius 2 is 1.55 bits per heavy atom. The number of nitrogens with zero attached hydrogens (tertiary/aromatic N) is 2. The number of amides is 2. The van der Waals surface area contributed by atoms with Crippen LogP contribution in [0.2, 0.25) is 0 Å². The first kappa shape index (κ1) is 33.3. The molecule has 3 aromatic rings. The lowest BCUT2D eigenvalue weighted by molar-refractivity contribution is -0.143. The van der Waals surface area contributed by atoms with Crippen molar-refractivity contribution < 1.29 is 40.7 Å². The van der Waals surface area contributed by atoms with Gasteiger partial charge in [0.1, 0.15) is 0 Å². The van der Waals surface area contributed by atoms with Gasteiger partial charge in [-0.25, -0.2) is 0 Å². The molecule has 1 heterocycles. The van der Waals surface area contributed by atoms with Crippen molar-refractivity contribution in [2.75, 3.05) is 46.4 Å². The molecule has 0 radical (unpaired) electrons. The number of carbonyl (C=O) groups is 2. The highest BCUT2D eigenvalue weighted by Crippen LogP contribution is 2.36. The molecule has 0 aliphatic carbocycles. The molecule has 3 aromatic carbocycles. The van der Waals surface area contributed by atoms with Crippen molar-refractivity contribution >= 4 is 22.6 Å². The van der Waals surface area contributed by atoms with Gasteiger partial charge in [-0.3, -0.25) is 14.5 Å².